The summed E-state index contributed by atoms with van der Waals surface area (Å²) in [6.45, 7) is 2.60. The lowest BCUT2D eigenvalue weighted by Gasteiger charge is -2.18. The SMILES string of the molecule is CCOC(=O)C(NCc1cccs1)c1ccc(F)cc1Br. The molecule has 1 heterocycles. The normalized spacial score (nSPS) is 12.1. The van der Waals surface area contributed by atoms with Crippen molar-refractivity contribution in [3.8, 4) is 0 Å². The van der Waals surface area contributed by atoms with E-state index in [1.807, 2.05) is 17.5 Å². The van der Waals surface area contributed by atoms with E-state index in [1.54, 1.807) is 24.3 Å². The second-order valence-corrected chi connectivity index (χ2v) is 6.20. The molecule has 1 aromatic carbocycles. The van der Waals surface area contributed by atoms with E-state index in [0.29, 0.717) is 23.2 Å². The van der Waals surface area contributed by atoms with Gasteiger partial charge in [0.1, 0.15) is 11.9 Å². The zero-order chi connectivity index (χ0) is 15.2. The summed E-state index contributed by atoms with van der Waals surface area (Å²) in [5, 5.41) is 5.14. The van der Waals surface area contributed by atoms with Crippen LogP contribution in [0.1, 0.15) is 23.4 Å². The number of thiophene rings is 1. The maximum Gasteiger partial charge on any atom is 0.327 e. The van der Waals surface area contributed by atoms with Crippen molar-refractivity contribution in [1.82, 2.24) is 5.32 Å². The highest BCUT2D eigenvalue weighted by atomic mass is 79.9. The topological polar surface area (TPSA) is 38.3 Å². The van der Waals surface area contributed by atoms with E-state index in [1.165, 1.54) is 12.1 Å². The van der Waals surface area contributed by atoms with Gasteiger partial charge in [-0.15, -0.1) is 11.3 Å². The highest BCUT2D eigenvalue weighted by Gasteiger charge is 2.24. The van der Waals surface area contributed by atoms with Crippen LogP contribution in [0, 0.1) is 5.82 Å². The molecule has 0 aliphatic rings. The summed E-state index contributed by atoms with van der Waals surface area (Å²) >= 11 is 4.91. The maximum absolute atomic E-state index is 13.2. The van der Waals surface area contributed by atoms with E-state index >= 15 is 0 Å². The number of carbonyl (C=O) groups excluding carboxylic acids is 1. The van der Waals surface area contributed by atoms with E-state index in [4.69, 9.17) is 4.74 Å². The fourth-order valence-electron chi connectivity index (χ4n) is 1.90. The quantitative estimate of drug-likeness (QED) is 0.778. The molecule has 3 nitrogen and oxygen atoms in total. The lowest BCUT2D eigenvalue weighted by molar-refractivity contribution is -0.145. The average Bonchev–Trinajstić information content (AvgIpc) is 2.94. The van der Waals surface area contributed by atoms with E-state index < -0.39 is 6.04 Å². The van der Waals surface area contributed by atoms with Crippen LogP contribution in [0.2, 0.25) is 0 Å². The Balaban J connectivity index is 2.20. The molecule has 0 aliphatic heterocycles. The van der Waals surface area contributed by atoms with Gasteiger partial charge < -0.3 is 4.74 Å². The van der Waals surface area contributed by atoms with Crippen molar-refractivity contribution < 1.29 is 13.9 Å². The van der Waals surface area contributed by atoms with Crippen molar-refractivity contribution in [3.05, 3.63) is 56.4 Å². The number of hydrogen-bond acceptors (Lipinski definition) is 4. The van der Waals surface area contributed by atoms with Gasteiger partial charge in [0, 0.05) is 15.9 Å². The minimum absolute atomic E-state index is 0.300. The monoisotopic (exact) mass is 371 g/mol. The van der Waals surface area contributed by atoms with Gasteiger partial charge in [-0.05, 0) is 36.1 Å². The van der Waals surface area contributed by atoms with Gasteiger partial charge in [0.05, 0.1) is 6.61 Å². The summed E-state index contributed by atoms with van der Waals surface area (Å²) in [4.78, 5) is 13.3. The molecule has 0 radical (unpaired) electrons. The Bertz CT molecular complexity index is 604. The van der Waals surface area contributed by atoms with Gasteiger partial charge in [-0.25, -0.2) is 9.18 Å². The lowest BCUT2D eigenvalue weighted by Crippen LogP contribution is -2.30. The van der Waals surface area contributed by atoms with Crippen LogP contribution >= 0.6 is 27.3 Å². The van der Waals surface area contributed by atoms with E-state index in [9.17, 15) is 9.18 Å². The number of hydrogen-bond donors (Lipinski definition) is 1. The Hall–Kier alpha value is -1.24. The Morgan fingerprint density at radius 2 is 2.29 bits per heavy atom. The lowest BCUT2D eigenvalue weighted by atomic mass is 10.1. The van der Waals surface area contributed by atoms with Gasteiger partial charge in [0.15, 0.2) is 0 Å². The molecule has 21 heavy (non-hydrogen) atoms. The summed E-state index contributed by atoms with van der Waals surface area (Å²) in [5.74, 6) is -0.729. The molecule has 0 saturated carbocycles. The van der Waals surface area contributed by atoms with E-state index in [-0.39, 0.29) is 11.8 Å². The van der Waals surface area contributed by atoms with Crippen molar-refractivity contribution in [1.29, 1.82) is 0 Å². The van der Waals surface area contributed by atoms with Crippen LogP contribution in [-0.2, 0) is 16.1 Å². The van der Waals surface area contributed by atoms with Crippen LogP contribution in [0.15, 0.2) is 40.2 Å². The molecule has 6 heteroatoms. The molecule has 0 bridgehead atoms. The summed E-state index contributed by atoms with van der Waals surface area (Å²) in [6, 6.07) is 7.56. The fraction of sp³-hybridized carbons (Fsp3) is 0.267. The van der Waals surface area contributed by atoms with Crippen molar-refractivity contribution in [2.45, 2.75) is 19.5 Å². The fourth-order valence-corrected chi connectivity index (χ4v) is 3.13. The number of benzene rings is 1. The van der Waals surface area contributed by atoms with Gasteiger partial charge >= 0.3 is 5.97 Å². The minimum atomic E-state index is -0.637. The number of halogens is 2. The number of esters is 1. The van der Waals surface area contributed by atoms with Crippen LogP contribution in [0.25, 0.3) is 0 Å². The molecule has 0 fully saturated rings. The third-order valence-electron chi connectivity index (χ3n) is 2.86. The van der Waals surface area contributed by atoms with Gasteiger partial charge in [0.2, 0.25) is 0 Å². The molecule has 0 saturated heterocycles. The standard InChI is InChI=1S/C15H15BrFNO2S/c1-2-20-15(19)14(18-9-11-4-3-7-21-11)12-6-5-10(17)8-13(12)16/h3-8,14,18H,2,9H2,1H3. The van der Waals surface area contributed by atoms with Crippen LogP contribution in [0.5, 0.6) is 0 Å². The highest BCUT2D eigenvalue weighted by molar-refractivity contribution is 9.10. The second kappa shape index (κ2) is 7.68. The first-order valence-corrected chi connectivity index (χ1v) is 8.16. The number of carbonyl (C=O) groups is 1. The smallest absolute Gasteiger partial charge is 0.327 e. The van der Waals surface area contributed by atoms with Crippen molar-refractivity contribution in [2.75, 3.05) is 6.61 Å². The summed E-state index contributed by atoms with van der Waals surface area (Å²) < 4.78 is 18.8. The predicted octanol–water partition coefficient (Wildman–Crippen LogP) is 4.04. The molecule has 1 N–H and O–H groups in total. The summed E-state index contributed by atoms with van der Waals surface area (Å²) in [5.41, 5.74) is 0.659. The zero-order valence-electron chi connectivity index (χ0n) is 11.4. The molecule has 0 amide bonds. The van der Waals surface area contributed by atoms with Crippen LogP contribution in [0.4, 0.5) is 4.39 Å². The van der Waals surface area contributed by atoms with Gasteiger partial charge in [0.25, 0.3) is 0 Å². The van der Waals surface area contributed by atoms with Crippen molar-refractivity contribution in [3.63, 3.8) is 0 Å². The highest BCUT2D eigenvalue weighted by Crippen LogP contribution is 2.26. The number of ether oxygens (including phenoxy) is 1. The molecule has 1 unspecified atom stereocenters. The molecule has 2 rings (SSSR count). The summed E-state index contributed by atoms with van der Waals surface area (Å²) in [7, 11) is 0. The Labute approximate surface area is 135 Å². The molecule has 1 aromatic heterocycles. The van der Waals surface area contributed by atoms with E-state index in [0.717, 1.165) is 4.88 Å². The predicted molar refractivity (Wildman–Crippen MR) is 84.6 cm³/mol. The average molecular weight is 372 g/mol. The Kier molecular flexibility index (Phi) is 5.90. The zero-order valence-corrected chi connectivity index (χ0v) is 13.8. The first-order chi connectivity index (χ1) is 10.1. The third kappa shape index (κ3) is 4.36. The van der Waals surface area contributed by atoms with Crippen molar-refractivity contribution >= 4 is 33.2 Å². The number of rotatable bonds is 6. The van der Waals surface area contributed by atoms with Crippen LogP contribution < -0.4 is 5.32 Å². The Morgan fingerprint density at radius 3 is 2.90 bits per heavy atom. The third-order valence-corrected chi connectivity index (χ3v) is 4.42. The maximum atomic E-state index is 13.2. The molecular weight excluding hydrogens is 357 g/mol. The van der Waals surface area contributed by atoms with E-state index in [2.05, 4.69) is 21.2 Å². The molecule has 0 aliphatic carbocycles. The minimum Gasteiger partial charge on any atom is -0.465 e. The largest absolute Gasteiger partial charge is 0.465 e. The molecule has 1 atom stereocenters. The first kappa shape index (κ1) is 16.1. The molecule has 0 spiro atoms. The molecule has 2 aromatic rings. The van der Waals surface area contributed by atoms with Crippen LogP contribution in [-0.4, -0.2) is 12.6 Å². The second-order valence-electron chi connectivity index (χ2n) is 4.31. The van der Waals surface area contributed by atoms with Crippen molar-refractivity contribution in [2.24, 2.45) is 0 Å². The first-order valence-electron chi connectivity index (χ1n) is 6.49. The number of nitrogens with one attached hydrogen (secondary N) is 1. The van der Waals surface area contributed by atoms with Gasteiger partial charge in [-0.1, -0.05) is 28.1 Å². The molecule has 112 valence electrons. The van der Waals surface area contributed by atoms with Crippen LogP contribution in [0.3, 0.4) is 0 Å². The van der Waals surface area contributed by atoms with Gasteiger partial charge in [-0.2, -0.15) is 0 Å². The molecular formula is C15H15BrFNO2S. The Morgan fingerprint density at radius 1 is 1.48 bits per heavy atom. The van der Waals surface area contributed by atoms with Gasteiger partial charge in [-0.3, -0.25) is 5.32 Å². The summed E-state index contributed by atoms with van der Waals surface area (Å²) in [6.07, 6.45) is 0.